The van der Waals surface area contributed by atoms with Crippen LogP contribution in [0.25, 0.3) is 219 Å². The second-order valence-corrected chi connectivity index (χ2v) is 38.9. The first kappa shape index (κ1) is 84.9. The number of nitrogens with zero attached hydrogens (tertiary/aromatic N) is 3. The van der Waals surface area contributed by atoms with Gasteiger partial charge in [0.1, 0.15) is 44.7 Å². The van der Waals surface area contributed by atoms with Crippen LogP contribution in [-0.2, 0) is 5.41 Å². The molecule has 0 atom stereocenters. The van der Waals surface area contributed by atoms with Gasteiger partial charge in [0.05, 0.1) is 5.69 Å². The highest BCUT2D eigenvalue weighted by Crippen LogP contribution is 2.54. The molecule has 146 heavy (non-hydrogen) atoms. The van der Waals surface area contributed by atoms with Crippen molar-refractivity contribution >= 4 is 214 Å². The maximum atomic E-state index is 6.41. The van der Waals surface area contributed by atoms with Gasteiger partial charge in [-0.3, -0.25) is 0 Å². The van der Waals surface area contributed by atoms with Gasteiger partial charge in [0.15, 0.2) is 0 Å². The van der Waals surface area contributed by atoms with E-state index >= 15 is 0 Å². The van der Waals surface area contributed by atoms with Crippen LogP contribution < -0.4 is 14.7 Å². The van der Waals surface area contributed by atoms with Gasteiger partial charge in [-0.15, -0.1) is 0 Å². The average molecular weight is 1870 g/mol. The number of hydrogen-bond acceptors (Lipinski definition) is 7. The Morgan fingerprint density at radius 1 is 0.144 bits per heavy atom. The maximum Gasteiger partial charge on any atom is 0.137 e. The summed E-state index contributed by atoms with van der Waals surface area (Å²) in [4.78, 5) is 7.13. The molecule has 29 aromatic rings. The lowest BCUT2D eigenvalue weighted by Gasteiger charge is -2.29. The van der Waals surface area contributed by atoms with E-state index in [1.165, 1.54) is 142 Å². The average Bonchev–Trinajstić information content (AvgIpc) is 1.48. The molecule has 7 nitrogen and oxygen atoms in total. The quantitative estimate of drug-likeness (QED) is 0.107. The van der Waals surface area contributed by atoms with Crippen molar-refractivity contribution in [3.05, 3.63) is 527 Å². The van der Waals surface area contributed by atoms with Crippen molar-refractivity contribution in [3.8, 4) is 55.6 Å². The van der Waals surface area contributed by atoms with E-state index in [0.717, 1.165) is 139 Å². The summed E-state index contributed by atoms with van der Waals surface area (Å²) in [6.07, 6.45) is 0. The van der Waals surface area contributed by atoms with Gasteiger partial charge in [-0.25, -0.2) is 0 Å². The lowest BCUT2D eigenvalue weighted by Crippen LogP contribution is -2.16. The second-order valence-electron chi connectivity index (χ2n) is 38.9. The zero-order valence-electron chi connectivity index (χ0n) is 80.0. The fourth-order valence-corrected chi connectivity index (χ4v) is 23.0. The van der Waals surface area contributed by atoms with E-state index in [9.17, 15) is 0 Å². The van der Waals surface area contributed by atoms with Gasteiger partial charge in [-0.2, -0.15) is 0 Å². The molecule has 0 N–H and O–H groups in total. The first-order valence-electron chi connectivity index (χ1n) is 50.0. The maximum absolute atomic E-state index is 6.41. The third-order valence-corrected chi connectivity index (χ3v) is 30.1. The molecule has 1 aliphatic rings. The number of anilines is 9. The number of rotatable bonds is 13. The van der Waals surface area contributed by atoms with Gasteiger partial charge in [0, 0.05) is 112 Å². The van der Waals surface area contributed by atoms with Crippen molar-refractivity contribution in [2.24, 2.45) is 0 Å². The molecule has 0 amide bonds. The third-order valence-electron chi connectivity index (χ3n) is 30.1. The summed E-state index contributed by atoms with van der Waals surface area (Å²) >= 11 is 0. The molecule has 0 saturated heterocycles. The van der Waals surface area contributed by atoms with Crippen molar-refractivity contribution in [3.63, 3.8) is 0 Å². The molecular formula is C139H91N3O4. The van der Waals surface area contributed by atoms with E-state index in [0.29, 0.717) is 0 Å². The van der Waals surface area contributed by atoms with Crippen LogP contribution in [-0.4, -0.2) is 0 Å². The fraction of sp³-hybridized carbons (Fsp3) is 0.0216. The molecule has 0 fully saturated rings. The largest absolute Gasteiger partial charge is 0.456 e. The second kappa shape index (κ2) is 34.7. The Kier molecular flexibility index (Phi) is 20.2. The molecular weight excluding hydrogens is 1780 g/mol. The smallest absolute Gasteiger partial charge is 0.137 e. The van der Waals surface area contributed by atoms with Crippen LogP contribution in [0.4, 0.5) is 51.2 Å². The predicted octanol–water partition coefficient (Wildman–Crippen LogP) is 40.1. The monoisotopic (exact) mass is 1870 g/mol. The van der Waals surface area contributed by atoms with Gasteiger partial charge in [-0.05, 0) is 301 Å². The van der Waals surface area contributed by atoms with Crippen molar-refractivity contribution in [2.45, 2.75) is 19.3 Å². The van der Waals surface area contributed by atoms with Crippen molar-refractivity contribution in [1.29, 1.82) is 0 Å². The highest BCUT2D eigenvalue weighted by atomic mass is 16.3. The molecule has 7 heteroatoms. The van der Waals surface area contributed by atoms with Crippen LogP contribution in [0.3, 0.4) is 0 Å². The van der Waals surface area contributed by atoms with Gasteiger partial charge in [0.25, 0.3) is 0 Å². The molecule has 0 spiro atoms. The van der Waals surface area contributed by atoms with Crippen LogP contribution in [0, 0.1) is 0 Å². The van der Waals surface area contributed by atoms with E-state index in [4.69, 9.17) is 17.7 Å². The van der Waals surface area contributed by atoms with Crippen LogP contribution in [0.15, 0.2) is 533 Å². The lowest BCUT2D eigenvalue weighted by atomic mass is 9.82. The van der Waals surface area contributed by atoms with E-state index in [2.05, 4.69) is 496 Å². The molecule has 25 aromatic carbocycles. The summed E-state index contributed by atoms with van der Waals surface area (Å²) < 4.78 is 25.2. The summed E-state index contributed by atoms with van der Waals surface area (Å²) in [6, 6.07) is 185. The lowest BCUT2D eigenvalue weighted by molar-refractivity contribution is 0.660. The minimum absolute atomic E-state index is 0.0981. The van der Waals surface area contributed by atoms with E-state index in [1.807, 2.05) is 48.5 Å². The Labute approximate surface area is 842 Å². The van der Waals surface area contributed by atoms with Gasteiger partial charge in [0.2, 0.25) is 0 Å². The molecule has 0 bridgehead atoms. The Balaban J connectivity index is 0.000000106. The minimum Gasteiger partial charge on any atom is -0.456 e. The summed E-state index contributed by atoms with van der Waals surface area (Å²) in [5, 5.41) is 26.1. The number of para-hydroxylation sites is 4. The molecule has 4 heterocycles. The molecule has 0 radical (unpaired) electrons. The van der Waals surface area contributed by atoms with Crippen molar-refractivity contribution < 1.29 is 17.7 Å². The van der Waals surface area contributed by atoms with Gasteiger partial charge >= 0.3 is 0 Å². The number of hydrogen-bond donors (Lipinski definition) is 0. The Morgan fingerprint density at radius 2 is 0.486 bits per heavy atom. The summed E-state index contributed by atoms with van der Waals surface area (Å²) in [5.41, 5.74) is 31.8. The number of benzene rings is 25. The summed E-state index contributed by atoms with van der Waals surface area (Å²) in [6.45, 7) is 4.72. The normalized spacial score (nSPS) is 12.2. The fourth-order valence-electron chi connectivity index (χ4n) is 23.0. The predicted molar refractivity (Wildman–Crippen MR) is 614 cm³/mol. The van der Waals surface area contributed by atoms with E-state index < -0.39 is 0 Å². The van der Waals surface area contributed by atoms with Gasteiger partial charge < -0.3 is 32.4 Å². The molecule has 0 unspecified atom stereocenters. The number of fused-ring (bicyclic) bond motifs is 25. The highest BCUT2D eigenvalue weighted by molar-refractivity contribution is 6.20. The standard InChI is InChI=1S/C51H37N.2C44H27NO2/c1-51(2)49-19-11-10-18-45(49)46-29-27-42(33-50(46)51)52(40-24-22-36(23-25-40)34-12-4-3-5-13-34)41-26-28-44-47(31-38-16-8-9-17-43(38)48(44)32-41)39-21-20-35-14-6-7-15-37(35)30-39;1-2-10-28(11-3-1)39-25-29-24-30(18-21-33(29)34-12-4-5-13-35(34)39)45(31-20-23-43-40(26-31)37-15-7-9-17-42(37)46-43)32-19-22-38-36-14-6-8-16-41(36)47-44(38)27-32;1-2-10-28(11-3-1)29-18-21-34-38(24-29)33-13-5-4-12-30(33)25-40(34)45(31-20-23-43-39(26-31)36-15-7-9-17-42(36)46-43)32-19-22-37-35-14-6-8-16-41(35)47-44(37)27-32/h3-33H,1-2H3;2*1-27H. The van der Waals surface area contributed by atoms with Crippen LogP contribution in [0.2, 0.25) is 0 Å². The molecule has 0 aliphatic heterocycles. The highest BCUT2D eigenvalue weighted by Gasteiger charge is 2.36. The Bertz CT molecular complexity index is 10300. The zero-order valence-corrected chi connectivity index (χ0v) is 80.0. The minimum atomic E-state index is -0.0981. The van der Waals surface area contributed by atoms with Crippen molar-refractivity contribution in [2.75, 3.05) is 14.7 Å². The third kappa shape index (κ3) is 14.6. The summed E-state index contributed by atoms with van der Waals surface area (Å²) in [5.74, 6) is 0. The van der Waals surface area contributed by atoms with Gasteiger partial charge in [-0.1, -0.05) is 354 Å². The molecule has 1 aliphatic carbocycles. The van der Waals surface area contributed by atoms with Crippen LogP contribution in [0.1, 0.15) is 25.0 Å². The SMILES string of the molecule is CC1(C)c2ccccc2-c2ccc(N(c3ccc(-c4ccccc4)cc3)c3ccc4c(-c5ccc6ccccc6c5)cc5ccccc5c4c3)cc21.c1ccc(-c2cc3cc(N(c4ccc5c(c4)oc4ccccc45)c4ccc5oc6ccccc6c5c4)ccc3c3ccccc23)cc1.c1ccc(-c2ccc3c(N(c4ccc5c(c4)oc4ccccc45)c4ccc5oc6ccccc6c5c4)cc4ccccc4c3c2)cc1. The molecule has 30 rings (SSSR count). The topological polar surface area (TPSA) is 62.3 Å². The molecule has 4 aromatic heterocycles. The van der Waals surface area contributed by atoms with Crippen molar-refractivity contribution in [1.82, 2.24) is 0 Å². The zero-order chi connectivity index (χ0) is 96.6. The first-order chi connectivity index (χ1) is 72.1. The summed E-state index contributed by atoms with van der Waals surface area (Å²) in [7, 11) is 0. The van der Waals surface area contributed by atoms with Crippen LogP contribution in [0.5, 0.6) is 0 Å². The Hall–Kier alpha value is -19.1. The van der Waals surface area contributed by atoms with E-state index in [1.54, 1.807) is 0 Å². The molecule has 0 saturated carbocycles. The first-order valence-corrected chi connectivity index (χ1v) is 50.0. The Morgan fingerprint density at radius 3 is 1.10 bits per heavy atom. The van der Waals surface area contributed by atoms with E-state index in [-0.39, 0.29) is 5.41 Å². The number of furan rings is 4. The molecule has 686 valence electrons. The van der Waals surface area contributed by atoms with Crippen LogP contribution >= 0.6 is 0 Å².